The molecular weight excluding hydrogens is 290 g/mol. The first-order chi connectivity index (χ1) is 11.1. The van der Waals surface area contributed by atoms with Crippen molar-refractivity contribution in [3.63, 3.8) is 0 Å². The summed E-state index contributed by atoms with van der Waals surface area (Å²) in [5.41, 5.74) is 0.840. The highest BCUT2D eigenvalue weighted by Crippen LogP contribution is 2.19. The van der Waals surface area contributed by atoms with E-state index in [-0.39, 0.29) is 17.5 Å². The van der Waals surface area contributed by atoms with Gasteiger partial charge in [0.05, 0.1) is 6.04 Å². The largest absolute Gasteiger partial charge is 0.319 e. The summed E-state index contributed by atoms with van der Waals surface area (Å²) in [6, 6.07) is 8.86. The van der Waals surface area contributed by atoms with Gasteiger partial charge in [0.25, 0.3) is 11.5 Å². The molecule has 0 bridgehead atoms. The first-order valence-electron chi connectivity index (χ1n) is 8.08. The Morgan fingerprint density at radius 3 is 2.65 bits per heavy atom. The summed E-state index contributed by atoms with van der Waals surface area (Å²) >= 11 is 0. The molecule has 2 aromatic rings. The molecule has 23 heavy (non-hydrogen) atoms. The minimum Gasteiger partial charge on any atom is -0.319 e. The van der Waals surface area contributed by atoms with Gasteiger partial charge in [-0.25, -0.2) is 0 Å². The van der Waals surface area contributed by atoms with E-state index in [9.17, 15) is 9.59 Å². The lowest BCUT2D eigenvalue weighted by Gasteiger charge is -2.17. The summed E-state index contributed by atoms with van der Waals surface area (Å²) in [6.07, 6.45) is 9.14. The van der Waals surface area contributed by atoms with Crippen LogP contribution in [0.3, 0.4) is 0 Å². The van der Waals surface area contributed by atoms with E-state index in [4.69, 9.17) is 4.99 Å². The smallest absolute Gasteiger partial charge is 0.263 e. The van der Waals surface area contributed by atoms with Crippen molar-refractivity contribution in [2.75, 3.05) is 0 Å². The molecule has 2 aromatic heterocycles. The third kappa shape index (κ3) is 3.50. The highest BCUT2D eigenvalue weighted by Gasteiger charge is 2.14. The fourth-order valence-corrected chi connectivity index (χ4v) is 2.93. The van der Waals surface area contributed by atoms with Crippen LogP contribution in [-0.4, -0.2) is 21.1 Å². The van der Waals surface area contributed by atoms with Gasteiger partial charge in [-0.15, -0.1) is 0 Å². The summed E-state index contributed by atoms with van der Waals surface area (Å²) in [4.78, 5) is 29.2. The summed E-state index contributed by atoms with van der Waals surface area (Å²) in [6.45, 7) is 0. The van der Waals surface area contributed by atoms with Gasteiger partial charge in [0.2, 0.25) is 0 Å². The summed E-state index contributed by atoms with van der Waals surface area (Å²) in [7, 11) is 1.66. The Morgan fingerprint density at radius 2 is 1.91 bits per heavy atom. The van der Waals surface area contributed by atoms with Crippen LogP contribution >= 0.6 is 0 Å². The lowest BCUT2D eigenvalue weighted by molar-refractivity contribution is 0.0954. The quantitative estimate of drug-likeness (QED) is 0.853. The number of hydrogen-bond donors (Lipinski definition) is 0. The van der Waals surface area contributed by atoms with Gasteiger partial charge < -0.3 is 4.57 Å². The van der Waals surface area contributed by atoms with Crippen LogP contribution in [0.4, 0.5) is 0 Å². The molecule has 0 N–H and O–H groups in total. The average molecular weight is 311 g/mol. The Labute approximate surface area is 134 Å². The third-order valence-corrected chi connectivity index (χ3v) is 4.30. The van der Waals surface area contributed by atoms with Gasteiger partial charge in [0, 0.05) is 31.1 Å². The second-order valence-electron chi connectivity index (χ2n) is 6.02. The van der Waals surface area contributed by atoms with Gasteiger partial charge in [0.1, 0.15) is 5.49 Å². The Kier molecular flexibility index (Phi) is 4.55. The second kappa shape index (κ2) is 6.77. The van der Waals surface area contributed by atoms with Crippen LogP contribution in [0.5, 0.6) is 0 Å². The van der Waals surface area contributed by atoms with Gasteiger partial charge in [-0.05, 0) is 31.0 Å². The minimum atomic E-state index is -0.224. The van der Waals surface area contributed by atoms with Crippen LogP contribution in [0.1, 0.15) is 42.5 Å². The fraction of sp³-hybridized carbons (Fsp3) is 0.389. The molecule has 0 radical (unpaired) electrons. The number of carbonyl (C=O) groups is 1. The third-order valence-electron chi connectivity index (χ3n) is 4.30. The molecule has 0 amide bonds. The highest BCUT2D eigenvalue weighted by molar-refractivity contribution is 5.95. The van der Waals surface area contributed by atoms with Gasteiger partial charge in [-0.1, -0.05) is 25.3 Å². The molecule has 1 aliphatic carbocycles. The maximum Gasteiger partial charge on any atom is 0.263 e. The van der Waals surface area contributed by atoms with Crippen molar-refractivity contribution in [3.05, 3.63) is 64.1 Å². The molecule has 0 aromatic carbocycles. The molecule has 3 rings (SSSR count). The SMILES string of the molecule is Cn1ccc(C(=O)n2ccccc2=NC2CCCCC2)cc1=O. The lowest BCUT2D eigenvalue weighted by Crippen LogP contribution is -2.30. The van der Waals surface area contributed by atoms with Gasteiger partial charge >= 0.3 is 0 Å². The number of carbonyl (C=O) groups excluding carboxylic acids is 1. The summed E-state index contributed by atoms with van der Waals surface area (Å²) < 4.78 is 2.98. The van der Waals surface area contributed by atoms with Crippen molar-refractivity contribution in [1.82, 2.24) is 9.13 Å². The van der Waals surface area contributed by atoms with Crippen molar-refractivity contribution in [1.29, 1.82) is 0 Å². The zero-order valence-corrected chi connectivity index (χ0v) is 13.3. The lowest BCUT2D eigenvalue weighted by atomic mass is 9.96. The fourth-order valence-electron chi connectivity index (χ4n) is 2.93. The topological polar surface area (TPSA) is 56.4 Å². The normalized spacial score (nSPS) is 16.5. The van der Waals surface area contributed by atoms with E-state index in [0.29, 0.717) is 11.1 Å². The predicted octanol–water partition coefficient (Wildman–Crippen LogP) is 2.11. The van der Waals surface area contributed by atoms with Crippen molar-refractivity contribution in [2.24, 2.45) is 12.0 Å². The van der Waals surface area contributed by atoms with Crippen molar-refractivity contribution < 1.29 is 4.79 Å². The molecule has 5 nitrogen and oxygen atoms in total. The Morgan fingerprint density at radius 1 is 1.13 bits per heavy atom. The monoisotopic (exact) mass is 311 g/mol. The Bertz CT molecular complexity index is 826. The van der Waals surface area contributed by atoms with Crippen molar-refractivity contribution >= 4 is 5.91 Å². The molecule has 0 atom stereocenters. The van der Waals surface area contributed by atoms with E-state index in [1.165, 1.54) is 34.5 Å². The number of aromatic nitrogens is 2. The van der Waals surface area contributed by atoms with Crippen LogP contribution in [-0.2, 0) is 7.05 Å². The molecule has 0 unspecified atom stereocenters. The highest BCUT2D eigenvalue weighted by atomic mass is 16.2. The van der Waals surface area contributed by atoms with Crippen LogP contribution in [0.15, 0.2) is 52.5 Å². The van der Waals surface area contributed by atoms with Crippen LogP contribution in [0.2, 0.25) is 0 Å². The maximum atomic E-state index is 12.7. The van der Waals surface area contributed by atoms with Gasteiger partial charge in [0.15, 0.2) is 0 Å². The van der Waals surface area contributed by atoms with Crippen molar-refractivity contribution in [2.45, 2.75) is 38.1 Å². The molecule has 1 saturated carbocycles. The molecule has 120 valence electrons. The summed E-state index contributed by atoms with van der Waals surface area (Å²) in [5, 5.41) is 0. The van der Waals surface area contributed by atoms with Gasteiger partial charge in [-0.2, -0.15) is 0 Å². The van der Waals surface area contributed by atoms with E-state index in [1.54, 1.807) is 31.6 Å². The van der Waals surface area contributed by atoms with Gasteiger partial charge in [-0.3, -0.25) is 19.1 Å². The van der Waals surface area contributed by atoms with E-state index < -0.39 is 0 Å². The zero-order valence-electron chi connectivity index (χ0n) is 13.3. The molecule has 1 aliphatic rings. The second-order valence-corrected chi connectivity index (χ2v) is 6.02. The predicted molar refractivity (Wildman–Crippen MR) is 88.3 cm³/mol. The van der Waals surface area contributed by atoms with Crippen molar-refractivity contribution in [3.8, 4) is 0 Å². The van der Waals surface area contributed by atoms with E-state index in [2.05, 4.69) is 0 Å². The zero-order chi connectivity index (χ0) is 16.2. The molecule has 1 fully saturated rings. The molecule has 0 aliphatic heterocycles. The number of pyridine rings is 2. The van der Waals surface area contributed by atoms with E-state index in [1.807, 2.05) is 12.1 Å². The van der Waals surface area contributed by atoms with Crippen LogP contribution in [0, 0.1) is 0 Å². The molecular formula is C18H21N3O2. The average Bonchev–Trinajstić information content (AvgIpc) is 2.58. The number of rotatable bonds is 2. The van der Waals surface area contributed by atoms with E-state index in [0.717, 1.165) is 12.8 Å². The number of nitrogens with zero attached hydrogens (tertiary/aromatic N) is 3. The molecule has 0 saturated heterocycles. The first-order valence-corrected chi connectivity index (χ1v) is 8.08. The standard InChI is InChI=1S/C18H21N3O2/c1-20-12-10-14(13-17(20)22)18(23)21-11-6-5-9-16(21)19-15-7-3-2-4-8-15/h5-6,9-13,15H,2-4,7-8H2,1H3. The Balaban J connectivity index is 1.99. The molecule has 0 spiro atoms. The minimum absolute atomic E-state index is 0.196. The van der Waals surface area contributed by atoms with E-state index >= 15 is 0 Å². The van der Waals surface area contributed by atoms with Crippen LogP contribution in [0.25, 0.3) is 0 Å². The number of hydrogen-bond acceptors (Lipinski definition) is 3. The van der Waals surface area contributed by atoms with Crippen LogP contribution < -0.4 is 11.0 Å². The Hall–Kier alpha value is -2.43. The number of aryl methyl sites for hydroxylation is 1. The maximum absolute atomic E-state index is 12.7. The summed E-state index contributed by atoms with van der Waals surface area (Å²) in [5.74, 6) is -0.224. The first kappa shape index (κ1) is 15.5. The molecule has 5 heteroatoms. The molecule has 2 heterocycles.